The maximum atomic E-state index is 12.8. The molecule has 0 saturated heterocycles. The van der Waals surface area contributed by atoms with E-state index in [0.29, 0.717) is 41.9 Å². The zero-order valence-corrected chi connectivity index (χ0v) is 19.5. The summed E-state index contributed by atoms with van der Waals surface area (Å²) < 4.78 is 23.0. The van der Waals surface area contributed by atoms with Gasteiger partial charge in [-0.2, -0.15) is 5.10 Å². The number of hydrogen-bond acceptors (Lipinski definition) is 7. The minimum atomic E-state index is -0.708. The number of para-hydroxylation sites is 1. The van der Waals surface area contributed by atoms with E-state index in [-0.39, 0.29) is 17.0 Å². The van der Waals surface area contributed by atoms with Crippen LogP contribution in [0.15, 0.2) is 48.5 Å². The van der Waals surface area contributed by atoms with Crippen LogP contribution < -0.4 is 9.47 Å². The van der Waals surface area contributed by atoms with Crippen molar-refractivity contribution in [3.8, 4) is 28.4 Å². The number of rotatable bonds is 9. The Morgan fingerprint density at radius 1 is 0.939 bits per heavy atom. The van der Waals surface area contributed by atoms with Gasteiger partial charge in [0.25, 0.3) is 0 Å². The Balaban J connectivity index is 2.23. The van der Waals surface area contributed by atoms with Crippen LogP contribution in [-0.2, 0) is 9.47 Å². The molecule has 0 N–H and O–H groups in total. The van der Waals surface area contributed by atoms with E-state index < -0.39 is 11.9 Å². The summed E-state index contributed by atoms with van der Waals surface area (Å²) in [6, 6.07) is 14.3. The van der Waals surface area contributed by atoms with Gasteiger partial charge in [0.05, 0.1) is 33.1 Å². The van der Waals surface area contributed by atoms with E-state index in [1.54, 1.807) is 30.3 Å². The molecule has 33 heavy (non-hydrogen) atoms. The number of carbonyl (C=O) groups is 2. The van der Waals surface area contributed by atoms with Gasteiger partial charge in [-0.25, -0.2) is 14.3 Å². The average Bonchev–Trinajstić information content (AvgIpc) is 3.23. The molecule has 0 radical (unpaired) electrons. The van der Waals surface area contributed by atoms with Crippen LogP contribution in [0.4, 0.5) is 0 Å². The van der Waals surface area contributed by atoms with Gasteiger partial charge >= 0.3 is 11.9 Å². The molecule has 1 heterocycles. The fourth-order valence-electron chi connectivity index (χ4n) is 3.26. The molecular weight excluding hydrogens is 424 g/mol. The molecule has 0 atom stereocenters. The first-order valence-electron chi connectivity index (χ1n) is 10.7. The molecule has 0 spiro atoms. The number of benzene rings is 2. The number of esters is 2. The topological polar surface area (TPSA) is 88.9 Å². The molecule has 0 aliphatic rings. The number of methoxy groups -OCH3 is 2. The van der Waals surface area contributed by atoms with Crippen molar-refractivity contribution in [2.45, 2.75) is 20.8 Å². The minimum absolute atomic E-state index is 0.00602. The summed E-state index contributed by atoms with van der Waals surface area (Å²) in [5.74, 6) is 0.0322. The molecule has 174 valence electrons. The predicted molar refractivity (Wildman–Crippen MR) is 123 cm³/mol. The SMILES string of the molecule is CCOc1cc(-c2nn(-c3ccccc3)c(C(=O)OC)c2C(=O)OC)ccc1OCC(C)C. The summed E-state index contributed by atoms with van der Waals surface area (Å²) in [5.41, 5.74) is 1.41. The van der Waals surface area contributed by atoms with Gasteiger partial charge < -0.3 is 18.9 Å². The highest BCUT2D eigenvalue weighted by atomic mass is 16.5. The first-order chi connectivity index (χ1) is 15.9. The van der Waals surface area contributed by atoms with Gasteiger partial charge in [0.15, 0.2) is 17.2 Å². The third-order valence-corrected chi connectivity index (χ3v) is 4.74. The second-order valence-electron chi connectivity index (χ2n) is 7.60. The van der Waals surface area contributed by atoms with Gasteiger partial charge in [-0.15, -0.1) is 0 Å². The van der Waals surface area contributed by atoms with Crippen molar-refractivity contribution in [2.75, 3.05) is 27.4 Å². The Labute approximate surface area is 193 Å². The maximum absolute atomic E-state index is 12.8. The summed E-state index contributed by atoms with van der Waals surface area (Å²) in [5, 5.41) is 4.61. The van der Waals surface area contributed by atoms with Crippen molar-refractivity contribution in [3.05, 3.63) is 59.8 Å². The molecule has 0 aliphatic carbocycles. The van der Waals surface area contributed by atoms with Crippen molar-refractivity contribution in [2.24, 2.45) is 5.92 Å². The molecule has 2 aromatic carbocycles. The summed E-state index contributed by atoms with van der Waals surface area (Å²) >= 11 is 0. The third kappa shape index (κ3) is 5.16. The Kier molecular flexibility index (Phi) is 7.71. The molecule has 0 fully saturated rings. The van der Waals surface area contributed by atoms with Crippen LogP contribution in [0, 0.1) is 5.92 Å². The van der Waals surface area contributed by atoms with Gasteiger partial charge in [-0.3, -0.25) is 0 Å². The smallest absolute Gasteiger partial charge is 0.357 e. The second kappa shape index (κ2) is 10.7. The standard InChI is InChI=1S/C25H28N2O6/c1-6-32-20-14-17(12-13-19(20)33-15-16(2)3)22-21(24(28)30-4)23(25(29)31-5)27(26-22)18-10-8-7-9-11-18/h7-14,16H,6,15H2,1-5H3. The summed E-state index contributed by atoms with van der Waals surface area (Å²) in [7, 11) is 2.50. The van der Waals surface area contributed by atoms with Crippen molar-refractivity contribution < 1.29 is 28.5 Å². The Bertz CT molecular complexity index is 1120. The van der Waals surface area contributed by atoms with Gasteiger partial charge in [0.2, 0.25) is 0 Å². The van der Waals surface area contributed by atoms with Crippen LogP contribution in [0.2, 0.25) is 0 Å². The lowest BCUT2D eigenvalue weighted by atomic mass is 10.0. The lowest BCUT2D eigenvalue weighted by Crippen LogP contribution is -2.15. The predicted octanol–water partition coefficient (Wildman–Crippen LogP) is 4.55. The normalized spacial score (nSPS) is 10.7. The van der Waals surface area contributed by atoms with Gasteiger partial charge in [-0.1, -0.05) is 32.0 Å². The first kappa shape index (κ1) is 23.8. The largest absolute Gasteiger partial charge is 0.490 e. The summed E-state index contributed by atoms with van der Waals surface area (Å²) in [4.78, 5) is 25.5. The molecule has 0 amide bonds. The third-order valence-electron chi connectivity index (χ3n) is 4.74. The summed E-state index contributed by atoms with van der Waals surface area (Å²) in [6.07, 6.45) is 0. The van der Waals surface area contributed by atoms with E-state index in [0.717, 1.165) is 0 Å². The van der Waals surface area contributed by atoms with Gasteiger partial charge in [0, 0.05) is 5.56 Å². The number of ether oxygens (including phenoxy) is 4. The molecule has 8 heteroatoms. The molecule has 8 nitrogen and oxygen atoms in total. The Morgan fingerprint density at radius 2 is 1.64 bits per heavy atom. The first-order valence-corrected chi connectivity index (χ1v) is 10.7. The lowest BCUT2D eigenvalue weighted by Gasteiger charge is -2.14. The number of carbonyl (C=O) groups excluding carboxylic acids is 2. The van der Waals surface area contributed by atoms with Crippen molar-refractivity contribution >= 4 is 11.9 Å². The number of nitrogens with zero attached hydrogens (tertiary/aromatic N) is 2. The van der Waals surface area contributed by atoms with Crippen LogP contribution in [0.5, 0.6) is 11.5 Å². The van der Waals surface area contributed by atoms with E-state index in [1.807, 2.05) is 25.1 Å². The number of hydrogen-bond donors (Lipinski definition) is 0. The molecule has 0 bridgehead atoms. The fourth-order valence-corrected chi connectivity index (χ4v) is 3.26. The Hall–Kier alpha value is -3.81. The molecule has 0 aliphatic heterocycles. The molecule has 1 aromatic heterocycles. The second-order valence-corrected chi connectivity index (χ2v) is 7.60. The molecular formula is C25H28N2O6. The highest BCUT2D eigenvalue weighted by Crippen LogP contribution is 2.36. The van der Waals surface area contributed by atoms with Crippen LogP contribution in [0.3, 0.4) is 0 Å². The lowest BCUT2D eigenvalue weighted by molar-refractivity contribution is 0.0549. The van der Waals surface area contributed by atoms with E-state index in [9.17, 15) is 9.59 Å². The maximum Gasteiger partial charge on any atom is 0.357 e. The van der Waals surface area contributed by atoms with E-state index >= 15 is 0 Å². The molecule has 3 rings (SSSR count). The van der Waals surface area contributed by atoms with Crippen molar-refractivity contribution in [1.29, 1.82) is 0 Å². The summed E-state index contributed by atoms with van der Waals surface area (Å²) in [6.45, 7) is 6.95. The average molecular weight is 453 g/mol. The molecule has 0 saturated carbocycles. The van der Waals surface area contributed by atoms with E-state index in [4.69, 9.17) is 18.9 Å². The minimum Gasteiger partial charge on any atom is -0.490 e. The monoisotopic (exact) mass is 452 g/mol. The van der Waals surface area contributed by atoms with Crippen LogP contribution in [0.25, 0.3) is 16.9 Å². The zero-order chi connectivity index (χ0) is 24.0. The number of aromatic nitrogens is 2. The van der Waals surface area contributed by atoms with Crippen molar-refractivity contribution in [3.63, 3.8) is 0 Å². The molecule has 0 unspecified atom stereocenters. The highest BCUT2D eigenvalue weighted by molar-refractivity contribution is 6.06. The van der Waals surface area contributed by atoms with E-state index in [2.05, 4.69) is 18.9 Å². The van der Waals surface area contributed by atoms with Crippen LogP contribution in [-0.4, -0.2) is 49.2 Å². The van der Waals surface area contributed by atoms with Crippen molar-refractivity contribution in [1.82, 2.24) is 9.78 Å². The zero-order valence-electron chi connectivity index (χ0n) is 19.5. The van der Waals surface area contributed by atoms with Crippen LogP contribution >= 0.6 is 0 Å². The fraction of sp³-hybridized carbons (Fsp3) is 0.320. The quantitative estimate of drug-likeness (QED) is 0.440. The van der Waals surface area contributed by atoms with E-state index in [1.165, 1.54) is 18.9 Å². The Morgan fingerprint density at radius 3 is 2.24 bits per heavy atom. The van der Waals surface area contributed by atoms with Gasteiger partial charge in [0.1, 0.15) is 11.3 Å². The highest BCUT2D eigenvalue weighted by Gasteiger charge is 2.31. The van der Waals surface area contributed by atoms with Gasteiger partial charge in [-0.05, 0) is 43.2 Å². The molecule has 3 aromatic rings. The van der Waals surface area contributed by atoms with Crippen LogP contribution in [0.1, 0.15) is 41.6 Å².